The molecule has 3 aromatic carbocycles. The summed E-state index contributed by atoms with van der Waals surface area (Å²) in [6.07, 6.45) is 1.52. The third-order valence-corrected chi connectivity index (χ3v) is 5.66. The van der Waals surface area contributed by atoms with Gasteiger partial charge in [-0.15, -0.1) is 0 Å². The Morgan fingerprint density at radius 2 is 1.43 bits per heavy atom. The third-order valence-electron chi connectivity index (χ3n) is 5.66. The van der Waals surface area contributed by atoms with Gasteiger partial charge in [0.1, 0.15) is 6.10 Å². The number of hydrogen-bond acceptors (Lipinski definition) is 4. The van der Waals surface area contributed by atoms with Crippen LogP contribution in [0.4, 0.5) is 0 Å². The summed E-state index contributed by atoms with van der Waals surface area (Å²) in [4.78, 5) is 15.6. The van der Waals surface area contributed by atoms with Gasteiger partial charge in [-0.25, -0.2) is 4.79 Å². The number of esters is 1. The molecule has 1 atom stereocenters. The summed E-state index contributed by atoms with van der Waals surface area (Å²) in [5.41, 5.74) is 0.440. The van der Waals surface area contributed by atoms with Crippen LogP contribution in [-0.2, 0) is 21.7 Å². The van der Waals surface area contributed by atoms with Gasteiger partial charge in [-0.1, -0.05) is 91.0 Å². The second kappa shape index (κ2) is 9.24. The van der Waals surface area contributed by atoms with Crippen LogP contribution in [0.2, 0.25) is 0 Å². The molecule has 4 rings (SSSR count). The first-order chi connectivity index (χ1) is 14.7. The Hall–Kier alpha value is -2.95. The van der Waals surface area contributed by atoms with Crippen molar-refractivity contribution in [2.24, 2.45) is 0 Å². The predicted molar refractivity (Wildman–Crippen MR) is 117 cm³/mol. The molecule has 0 unspecified atom stereocenters. The van der Waals surface area contributed by atoms with Crippen LogP contribution in [0.25, 0.3) is 0 Å². The molecule has 4 nitrogen and oxygen atoms in total. The van der Waals surface area contributed by atoms with E-state index in [0.29, 0.717) is 17.7 Å². The fourth-order valence-corrected chi connectivity index (χ4v) is 4.09. The highest BCUT2D eigenvalue weighted by Gasteiger charge is 2.43. The van der Waals surface area contributed by atoms with Crippen molar-refractivity contribution in [3.8, 4) is 0 Å². The number of rotatable bonds is 6. The van der Waals surface area contributed by atoms with Crippen molar-refractivity contribution in [2.75, 3.05) is 13.1 Å². The van der Waals surface area contributed by atoms with E-state index in [1.54, 1.807) is 24.3 Å². The van der Waals surface area contributed by atoms with Gasteiger partial charge in [0.25, 0.3) is 0 Å². The molecule has 1 fully saturated rings. The lowest BCUT2D eigenvalue weighted by Gasteiger charge is -2.35. The summed E-state index contributed by atoms with van der Waals surface area (Å²) >= 11 is 0. The standard InChI is InChI=1S/C26H27NO3/c28-25(26(29,22-13-6-2-7-14-22)23-15-8-3-9-16-23)30-24-17-10-18-27(20-24)19-21-11-4-1-5-12-21/h1-9,11-16,24,29H,10,17-20H2/t24-/m1/s1. The lowest BCUT2D eigenvalue weighted by molar-refractivity contribution is -0.170. The van der Waals surface area contributed by atoms with Crippen LogP contribution < -0.4 is 0 Å². The number of nitrogens with zero attached hydrogens (tertiary/aromatic N) is 1. The number of carbonyl (C=O) groups is 1. The van der Waals surface area contributed by atoms with Crippen LogP contribution >= 0.6 is 0 Å². The minimum Gasteiger partial charge on any atom is -0.458 e. The lowest BCUT2D eigenvalue weighted by Crippen LogP contribution is -2.45. The highest BCUT2D eigenvalue weighted by atomic mass is 16.6. The molecule has 30 heavy (non-hydrogen) atoms. The van der Waals surface area contributed by atoms with Gasteiger partial charge in [0, 0.05) is 13.1 Å². The maximum Gasteiger partial charge on any atom is 0.348 e. The van der Waals surface area contributed by atoms with E-state index in [1.165, 1.54) is 5.56 Å². The van der Waals surface area contributed by atoms with Gasteiger partial charge in [-0.2, -0.15) is 0 Å². The number of likely N-dealkylation sites (tertiary alicyclic amines) is 1. The van der Waals surface area contributed by atoms with Crippen LogP contribution in [0.15, 0.2) is 91.0 Å². The molecule has 1 saturated heterocycles. The van der Waals surface area contributed by atoms with Gasteiger partial charge in [0.15, 0.2) is 0 Å². The van der Waals surface area contributed by atoms with Crippen LogP contribution in [0, 0.1) is 0 Å². The van der Waals surface area contributed by atoms with E-state index < -0.39 is 11.6 Å². The van der Waals surface area contributed by atoms with Crippen molar-refractivity contribution >= 4 is 5.97 Å². The topological polar surface area (TPSA) is 49.8 Å². The van der Waals surface area contributed by atoms with Crippen molar-refractivity contribution in [3.05, 3.63) is 108 Å². The van der Waals surface area contributed by atoms with Crippen LogP contribution in [0.1, 0.15) is 29.5 Å². The first-order valence-corrected chi connectivity index (χ1v) is 10.5. The summed E-state index contributed by atoms with van der Waals surface area (Å²) < 4.78 is 5.90. The summed E-state index contributed by atoms with van der Waals surface area (Å²) in [6, 6.07) is 28.4. The minimum absolute atomic E-state index is 0.242. The van der Waals surface area contributed by atoms with Crippen molar-refractivity contribution < 1.29 is 14.6 Å². The molecule has 154 valence electrons. The zero-order valence-electron chi connectivity index (χ0n) is 17.0. The fourth-order valence-electron chi connectivity index (χ4n) is 4.09. The summed E-state index contributed by atoms with van der Waals surface area (Å²) in [5, 5.41) is 11.6. The summed E-state index contributed by atoms with van der Waals surface area (Å²) in [7, 11) is 0. The molecule has 1 aliphatic heterocycles. The van der Waals surface area contributed by atoms with E-state index in [1.807, 2.05) is 54.6 Å². The van der Waals surface area contributed by atoms with Crippen LogP contribution in [-0.4, -0.2) is 35.2 Å². The molecule has 0 radical (unpaired) electrons. The normalized spacial score (nSPS) is 17.4. The Balaban J connectivity index is 1.51. The Kier molecular flexibility index (Phi) is 6.26. The number of hydrogen-bond donors (Lipinski definition) is 1. The van der Waals surface area contributed by atoms with E-state index in [2.05, 4.69) is 17.0 Å². The van der Waals surface area contributed by atoms with Gasteiger partial charge < -0.3 is 9.84 Å². The molecular formula is C26H27NO3. The maximum atomic E-state index is 13.3. The predicted octanol–water partition coefficient (Wildman–Crippen LogP) is 4.13. The Morgan fingerprint density at radius 3 is 2.00 bits per heavy atom. The molecule has 0 spiro atoms. The van der Waals surface area contributed by atoms with Gasteiger partial charge in [0.2, 0.25) is 5.60 Å². The molecule has 0 amide bonds. The number of benzene rings is 3. The molecule has 1 heterocycles. The average Bonchev–Trinajstić information content (AvgIpc) is 2.80. The monoisotopic (exact) mass is 401 g/mol. The average molecular weight is 402 g/mol. The Bertz CT molecular complexity index is 904. The highest BCUT2D eigenvalue weighted by molar-refractivity contribution is 5.85. The molecule has 4 heteroatoms. The third kappa shape index (κ3) is 4.45. The molecule has 0 aliphatic carbocycles. The lowest BCUT2D eigenvalue weighted by atomic mass is 9.86. The quantitative estimate of drug-likeness (QED) is 0.631. The number of piperidine rings is 1. The number of ether oxygens (including phenoxy) is 1. The fraction of sp³-hybridized carbons (Fsp3) is 0.269. The van der Waals surface area contributed by atoms with Gasteiger partial charge in [-0.3, -0.25) is 4.90 Å². The van der Waals surface area contributed by atoms with Gasteiger partial charge >= 0.3 is 5.97 Å². The van der Waals surface area contributed by atoms with Gasteiger partial charge in [-0.05, 0) is 36.1 Å². The molecule has 0 aromatic heterocycles. The molecule has 0 saturated carbocycles. The summed E-state index contributed by atoms with van der Waals surface area (Å²) in [6.45, 7) is 2.47. The molecular weight excluding hydrogens is 374 g/mol. The molecule has 0 bridgehead atoms. The van der Waals surface area contributed by atoms with Crippen molar-refractivity contribution in [1.29, 1.82) is 0 Å². The molecule has 1 N–H and O–H groups in total. The molecule has 3 aromatic rings. The first-order valence-electron chi connectivity index (χ1n) is 10.5. The maximum absolute atomic E-state index is 13.3. The minimum atomic E-state index is -1.83. The smallest absolute Gasteiger partial charge is 0.348 e. The van der Waals surface area contributed by atoms with Crippen molar-refractivity contribution in [2.45, 2.75) is 31.1 Å². The second-order valence-electron chi connectivity index (χ2n) is 7.83. The Morgan fingerprint density at radius 1 is 0.900 bits per heavy atom. The van der Waals surface area contributed by atoms with Crippen molar-refractivity contribution in [1.82, 2.24) is 4.90 Å². The number of aliphatic hydroxyl groups is 1. The SMILES string of the molecule is O=C(O[C@@H]1CCCN(Cc2ccccc2)C1)C(O)(c1ccccc1)c1ccccc1. The van der Waals surface area contributed by atoms with E-state index in [4.69, 9.17) is 4.74 Å². The van der Waals surface area contributed by atoms with E-state index >= 15 is 0 Å². The van der Waals surface area contributed by atoms with Crippen LogP contribution in [0.5, 0.6) is 0 Å². The second-order valence-corrected chi connectivity index (χ2v) is 7.83. The first kappa shape index (κ1) is 20.3. The van der Waals surface area contributed by atoms with E-state index in [9.17, 15) is 9.90 Å². The molecule has 1 aliphatic rings. The Labute approximate surface area is 177 Å². The summed E-state index contributed by atoms with van der Waals surface area (Å²) in [5.74, 6) is -0.619. The zero-order valence-corrected chi connectivity index (χ0v) is 17.0. The highest BCUT2D eigenvalue weighted by Crippen LogP contribution is 2.32. The van der Waals surface area contributed by atoms with Crippen LogP contribution in [0.3, 0.4) is 0 Å². The van der Waals surface area contributed by atoms with Crippen molar-refractivity contribution in [3.63, 3.8) is 0 Å². The zero-order chi connectivity index (χ0) is 20.8. The van der Waals surface area contributed by atoms with E-state index in [0.717, 1.165) is 25.9 Å². The largest absolute Gasteiger partial charge is 0.458 e. The number of carbonyl (C=O) groups excluding carboxylic acids is 1. The van der Waals surface area contributed by atoms with Gasteiger partial charge in [0.05, 0.1) is 0 Å². The van der Waals surface area contributed by atoms with E-state index in [-0.39, 0.29) is 6.10 Å².